The number of carbonyl (C=O) groups is 1. The lowest BCUT2D eigenvalue weighted by Gasteiger charge is -2.10. The molecular formula is C17H20ClFN2O3. The first-order valence-corrected chi connectivity index (χ1v) is 7.62. The van der Waals surface area contributed by atoms with E-state index in [0.29, 0.717) is 24.0 Å². The maximum absolute atomic E-state index is 12.8. The van der Waals surface area contributed by atoms with Crippen LogP contribution < -0.4 is 15.8 Å². The van der Waals surface area contributed by atoms with E-state index < -0.39 is 0 Å². The summed E-state index contributed by atoms with van der Waals surface area (Å²) in [5.41, 5.74) is 5.94. The number of hydrogen-bond donors (Lipinski definition) is 2. The summed E-state index contributed by atoms with van der Waals surface area (Å²) in [5.74, 6) is 1.21. The van der Waals surface area contributed by atoms with Crippen molar-refractivity contribution in [1.82, 2.24) is 5.32 Å². The summed E-state index contributed by atoms with van der Waals surface area (Å²) in [6.07, 6.45) is 2.28. The van der Waals surface area contributed by atoms with Gasteiger partial charge in [0.1, 0.15) is 23.9 Å². The third-order valence-corrected chi connectivity index (χ3v) is 3.81. The summed E-state index contributed by atoms with van der Waals surface area (Å²) in [4.78, 5) is 12.0. The number of rotatable bonds is 7. The standard InChI is InChI=1S/C17H19FN2O3.ClH/c18-12-3-5-13(6-4-12)22-10-14-7-8-16(23-14)17(21)20-9-15(19)11-1-2-11;/h3-8,11,15H,1-2,9-10,19H2,(H,20,21);1H. The number of nitrogens with one attached hydrogen (secondary N) is 1. The van der Waals surface area contributed by atoms with Gasteiger partial charge in [0.05, 0.1) is 0 Å². The molecule has 2 aromatic rings. The van der Waals surface area contributed by atoms with E-state index in [4.69, 9.17) is 14.9 Å². The van der Waals surface area contributed by atoms with Crippen LogP contribution >= 0.6 is 12.4 Å². The Morgan fingerprint density at radius 2 is 2.00 bits per heavy atom. The third-order valence-electron chi connectivity index (χ3n) is 3.81. The molecule has 0 bridgehead atoms. The molecule has 0 spiro atoms. The van der Waals surface area contributed by atoms with Gasteiger partial charge < -0.3 is 20.2 Å². The van der Waals surface area contributed by atoms with E-state index in [1.165, 1.54) is 24.3 Å². The van der Waals surface area contributed by atoms with Crippen molar-refractivity contribution < 1.29 is 18.3 Å². The van der Waals surface area contributed by atoms with Crippen molar-refractivity contribution in [3.63, 3.8) is 0 Å². The number of furan rings is 1. The number of hydrogen-bond acceptors (Lipinski definition) is 4. The van der Waals surface area contributed by atoms with E-state index in [9.17, 15) is 9.18 Å². The molecule has 7 heteroatoms. The van der Waals surface area contributed by atoms with Crippen molar-refractivity contribution >= 4 is 18.3 Å². The van der Waals surface area contributed by atoms with Gasteiger partial charge in [0.2, 0.25) is 0 Å². The Kier molecular flexibility index (Phi) is 6.23. The molecule has 1 atom stereocenters. The van der Waals surface area contributed by atoms with Crippen molar-refractivity contribution in [2.24, 2.45) is 11.7 Å². The van der Waals surface area contributed by atoms with E-state index in [1.54, 1.807) is 12.1 Å². The minimum Gasteiger partial charge on any atom is -0.486 e. The summed E-state index contributed by atoms with van der Waals surface area (Å²) in [6, 6.07) is 8.99. The molecule has 1 aromatic carbocycles. The van der Waals surface area contributed by atoms with Crippen LogP contribution in [0.4, 0.5) is 4.39 Å². The van der Waals surface area contributed by atoms with Crippen LogP contribution in [-0.2, 0) is 6.61 Å². The molecule has 0 saturated heterocycles. The molecule has 130 valence electrons. The van der Waals surface area contributed by atoms with E-state index in [-0.39, 0.29) is 42.5 Å². The second kappa shape index (κ2) is 8.17. The fourth-order valence-corrected chi connectivity index (χ4v) is 2.25. The lowest BCUT2D eigenvalue weighted by molar-refractivity contribution is 0.0918. The van der Waals surface area contributed by atoms with Gasteiger partial charge in [0, 0.05) is 12.6 Å². The maximum Gasteiger partial charge on any atom is 0.287 e. The molecule has 5 nitrogen and oxygen atoms in total. The highest BCUT2D eigenvalue weighted by atomic mass is 35.5. The highest BCUT2D eigenvalue weighted by Crippen LogP contribution is 2.31. The quantitative estimate of drug-likeness (QED) is 0.801. The minimum absolute atomic E-state index is 0. The van der Waals surface area contributed by atoms with Crippen molar-refractivity contribution in [2.75, 3.05) is 6.54 Å². The zero-order valence-corrected chi connectivity index (χ0v) is 13.9. The number of ether oxygens (including phenoxy) is 1. The number of nitrogens with two attached hydrogens (primary N) is 1. The highest BCUT2D eigenvalue weighted by Gasteiger charge is 2.28. The van der Waals surface area contributed by atoms with Crippen LogP contribution in [0.15, 0.2) is 40.8 Å². The first-order valence-electron chi connectivity index (χ1n) is 7.62. The molecule has 0 aliphatic heterocycles. The molecule has 1 heterocycles. The van der Waals surface area contributed by atoms with Crippen molar-refractivity contribution in [2.45, 2.75) is 25.5 Å². The number of benzene rings is 1. The molecule has 3 N–H and O–H groups in total. The topological polar surface area (TPSA) is 77.5 Å². The molecule has 1 unspecified atom stereocenters. The van der Waals surface area contributed by atoms with Gasteiger partial charge in [-0.15, -0.1) is 12.4 Å². The van der Waals surface area contributed by atoms with Crippen LogP contribution in [0.25, 0.3) is 0 Å². The Balaban J connectivity index is 0.00000208. The zero-order valence-electron chi connectivity index (χ0n) is 13.0. The average Bonchev–Trinajstić information content (AvgIpc) is 3.30. The summed E-state index contributed by atoms with van der Waals surface area (Å²) >= 11 is 0. The predicted octanol–water partition coefficient (Wildman–Crippen LogP) is 2.89. The Labute approximate surface area is 145 Å². The normalized spacial score (nSPS) is 14.6. The van der Waals surface area contributed by atoms with Gasteiger partial charge in [-0.25, -0.2) is 4.39 Å². The molecular weight excluding hydrogens is 335 g/mol. The van der Waals surface area contributed by atoms with Gasteiger partial charge in [-0.05, 0) is 55.2 Å². The fraction of sp³-hybridized carbons (Fsp3) is 0.353. The molecule has 24 heavy (non-hydrogen) atoms. The molecule has 1 aliphatic carbocycles. The van der Waals surface area contributed by atoms with Crippen LogP contribution in [0.2, 0.25) is 0 Å². The molecule has 1 fully saturated rings. The summed E-state index contributed by atoms with van der Waals surface area (Å²) in [7, 11) is 0. The number of carbonyl (C=O) groups excluding carboxylic acids is 1. The Hall–Kier alpha value is -2.05. The van der Waals surface area contributed by atoms with Gasteiger partial charge in [-0.3, -0.25) is 4.79 Å². The van der Waals surface area contributed by atoms with Gasteiger partial charge in [0.25, 0.3) is 5.91 Å². The van der Waals surface area contributed by atoms with Gasteiger partial charge in [-0.2, -0.15) is 0 Å². The first kappa shape index (κ1) is 18.3. The van der Waals surface area contributed by atoms with Crippen LogP contribution in [-0.4, -0.2) is 18.5 Å². The van der Waals surface area contributed by atoms with E-state index in [0.717, 1.165) is 12.8 Å². The summed E-state index contributed by atoms with van der Waals surface area (Å²) in [5, 5.41) is 2.77. The summed E-state index contributed by atoms with van der Waals surface area (Å²) < 4.78 is 23.7. The maximum atomic E-state index is 12.8. The van der Waals surface area contributed by atoms with Crippen molar-refractivity contribution in [3.05, 3.63) is 53.7 Å². The molecule has 3 rings (SSSR count). The molecule has 1 amide bonds. The Morgan fingerprint density at radius 3 is 2.67 bits per heavy atom. The van der Waals surface area contributed by atoms with Crippen LogP contribution in [0.3, 0.4) is 0 Å². The fourth-order valence-electron chi connectivity index (χ4n) is 2.25. The smallest absolute Gasteiger partial charge is 0.287 e. The Morgan fingerprint density at radius 1 is 1.29 bits per heavy atom. The lowest BCUT2D eigenvalue weighted by atomic mass is 10.2. The van der Waals surface area contributed by atoms with Crippen LogP contribution in [0.1, 0.15) is 29.2 Å². The lowest BCUT2D eigenvalue weighted by Crippen LogP contribution is -2.38. The SMILES string of the molecule is Cl.NC(CNC(=O)c1ccc(COc2ccc(F)cc2)o1)C1CC1. The molecule has 1 saturated carbocycles. The number of halogens is 2. The average molecular weight is 355 g/mol. The van der Waals surface area contributed by atoms with Crippen molar-refractivity contribution in [1.29, 1.82) is 0 Å². The monoisotopic (exact) mass is 354 g/mol. The predicted molar refractivity (Wildman–Crippen MR) is 89.7 cm³/mol. The minimum atomic E-state index is -0.321. The summed E-state index contributed by atoms with van der Waals surface area (Å²) in [6.45, 7) is 0.617. The Bertz CT molecular complexity index is 671. The molecule has 1 aliphatic rings. The first-order chi connectivity index (χ1) is 11.1. The molecule has 0 radical (unpaired) electrons. The second-order valence-corrected chi connectivity index (χ2v) is 5.72. The van der Waals surface area contributed by atoms with Crippen LogP contribution in [0, 0.1) is 11.7 Å². The van der Waals surface area contributed by atoms with Gasteiger partial charge in [-0.1, -0.05) is 0 Å². The van der Waals surface area contributed by atoms with Crippen LogP contribution in [0.5, 0.6) is 5.75 Å². The number of amides is 1. The van der Waals surface area contributed by atoms with Gasteiger partial charge >= 0.3 is 0 Å². The highest BCUT2D eigenvalue weighted by molar-refractivity contribution is 5.91. The van der Waals surface area contributed by atoms with E-state index in [2.05, 4.69) is 5.32 Å². The van der Waals surface area contributed by atoms with E-state index >= 15 is 0 Å². The second-order valence-electron chi connectivity index (χ2n) is 5.72. The van der Waals surface area contributed by atoms with E-state index in [1.807, 2.05) is 0 Å². The third kappa shape index (κ3) is 4.97. The molecule has 1 aromatic heterocycles. The zero-order chi connectivity index (χ0) is 16.2. The van der Waals surface area contributed by atoms with Crippen molar-refractivity contribution in [3.8, 4) is 5.75 Å². The largest absolute Gasteiger partial charge is 0.486 e. The van der Waals surface area contributed by atoms with Gasteiger partial charge in [0.15, 0.2) is 5.76 Å².